The van der Waals surface area contributed by atoms with Crippen LogP contribution in [-0.2, 0) is 10.1 Å². The minimum Gasteiger partial charge on any atom is -0.744 e. The molecule has 24 heavy (non-hydrogen) atoms. The molecule has 0 heterocycles. The zero-order valence-electron chi connectivity index (χ0n) is 12.2. The van der Waals surface area contributed by atoms with Gasteiger partial charge in [0.1, 0.15) is 15.7 Å². The van der Waals surface area contributed by atoms with E-state index in [1.165, 1.54) is 12.1 Å². The Kier molecular flexibility index (Phi) is 5.21. The number of fused-ring (bicyclic) bond motifs is 2. The number of ketones is 2. The Morgan fingerprint density at radius 1 is 0.875 bits per heavy atom. The van der Waals surface area contributed by atoms with Gasteiger partial charge in [0.25, 0.3) is 5.69 Å². The first-order valence-electron chi connectivity index (χ1n) is 6.19. The second-order valence-electron chi connectivity index (χ2n) is 4.75. The maximum absolute atomic E-state index is 12.5. The van der Waals surface area contributed by atoms with Crippen LogP contribution in [0.4, 0.5) is 5.69 Å². The van der Waals surface area contributed by atoms with Crippen molar-refractivity contribution in [3.05, 3.63) is 68.8 Å². The van der Waals surface area contributed by atoms with Crippen molar-refractivity contribution in [3.63, 3.8) is 0 Å². The standard InChI is InChI=1S/C14H7NO7S.K/c16-13-8-4-2-6-10(23(20,21)22)12(8)14(17)7-3-1-5-9(11(7)13)15(18)19;/h1-6H,(H,20,21,22);/q;+1/p-1. The fraction of sp³-hybridized carbons (Fsp3) is 0. The van der Waals surface area contributed by atoms with Crippen molar-refractivity contribution in [1.82, 2.24) is 0 Å². The second kappa shape index (κ2) is 6.56. The summed E-state index contributed by atoms with van der Waals surface area (Å²) in [6, 6.07) is 6.68. The minimum absolute atomic E-state index is 0. The molecular weight excluding hydrogens is 365 g/mol. The van der Waals surface area contributed by atoms with Crippen molar-refractivity contribution in [3.8, 4) is 0 Å². The van der Waals surface area contributed by atoms with E-state index in [2.05, 4.69) is 0 Å². The molecule has 8 nitrogen and oxygen atoms in total. The summed E-state index contributed by atoms with van der Waals surface area (Å²) in [5.74, 6) is -1.78. The molecule has 0 saturated heterocycles. The van der Waals surface area contributed by atoms with Crippen LogP contribution >= 0.6 is 0 Å². The number of nitro groups is 1. The molecule has 116 valence electrons. The molecule has 0 N–H and O–H groups in total. The van der Waals surface area contributed by atoms with Crippen LogP contribution in [0, 0.1) is 10.1 Å². The first-order chi connectivity index (χ1) is 10.7. The Bertz CT molecular complexity index is 1010. The Balaban J connectivity index is 0.00000208. The van der Waals surface area contributed by atoms with Gasteiger partial charge >= 0.3 is 51.4 Å². The van der Waals surface area contributed by atoms with Crippen molar-refractivity contribution < 1.29 is 78.9 Å². The number of carbonyl (C=O) groups is 2. The fourth-order valence-corrected chi connectivity index (χ4v) is 3.25. The normalized spacial score (nSPS) is 12.9. The maximum Gasteiger partial charge on any atom is 1.00 e. The molecule has 0 unspecified atom stereocenters. The predicted octanol–water partition coefficient (Wildman–Crippen LogP) is -1.72. The third kappa shape index (κ3) is 2.90. The zero-order chi connectivity index (χ0) is 16.9. The van der Waals surface area contributed by atoms with Gasteiger partial charge in [-0.05, 0) is 12.1 Å². The van der Waals surface area contributed by atoms with Crippen molar-refractivity contribution in [2.45, 2.75) is 4.90 Å². The molecule has 0 spiro atoms. The molecule has 0 atom stereocenters. The summed E-state index contributed by atoms with van der Waals surface area (Å²) in [6.07, 6.45) is 0. The third-order valence-corrected chi connectivity index (χ3v) is 4.36. The van der Waals surface area contributed by atoms with E-state index in [1.807, 2.05) is 0 Å². The van der Waals surface area contributed by atoms with E-state index in [0.717, 1.165) is 24.3 Å². The molecule has 0 bridgehead atoms. The van der Waals surface area contributed by atoms with E-state index in [-0.39, 0.29) is 62.5 Å². The number of benzene rings is 2. The van der Waals surface area contributed by atoms with Gasteiger partial charge < -0.3 is 4.55 Å². The molecule has 0 radical (unpaired) electrons. The van der Waals surface area contributed by atoms with Gasteiger partial charge in [-0.15, -0.1) is 0 Å². The Labute approximate surface area is 178 Å². The molecule has 2 aromatic carbocycles. The molecule has 1 aliphatic carbocycles. The van der Waals surface area contributed by atoms with Crippen LogP contribution in [0.1, 0.15) is 31.8 Å². The SMILES string of the molecule is O=C1c2cccc(S(=O)(=O)[O-])c2C(=O)c2cccc([N+](=O)[O-])c21.[K+]. The number of carbonyl (C=O) groups excluding carboxylic acids is 2. The van der Waals surface area contributed by atoms with Crippen molar-refractivity contribution in [1.29, 1.82) is 0 Å². The monoisotopic (exact) mass is 371 g/mol. The first-order valence-corrected chi connectivity index (χ1v) is 7.60. The summed E-state index contributed by atoms with van der Waals surface area (Å²) in [5, 5.41) is 11.1. The fourth-order valence-electron chi connectivity index (χ4n) is 2.55. The second-order valence-corrected chi connectivity index (χ2v) is 6.10. The van der Waals surface area contributed by atoms with E-state index in [1.54, 1.807) is 0 Å². The third-order valence-electron chi connectivity index (χ3n) is 3.48. The van der Waals surface area contributed by atoms with Crippen LogP contribution in [0.3, 0.4) is 0 Å². The Morgan fingerprint density at radius 2 is 1.38 bits per heavy atom. The van der Waals surface area contributed by atoms with E-state index >= 15 is 0 Å². The van der Waals surface area contributed by atoms with Crippen molar-refractivity contribution >= 4 is 27.4 Å². The van der Waals surface area contributed by atoms with Crippen molar-refractivity contribution in [2.75, 3.05) is 0 Å². The minimum atomic E-state index is -4.99. The summed E-state index contributed by atoms with van der Waals surface area (Å²) in [4.78, 5) is 34.5. The van der Waals surface area contributed by atoms with Crippen LogP contribution in [-0.4, -0.2) is 29.5 Å². The molecule has 0 amide bonds. The number of nitro benzene ring substituents is 1. The summed E-state index contributed by atoms with van der Waals surface area (Å²) >= 11 is 0. The Hall–Kier alpha value is -1.27. The van der Waals surface area contributed by atoms with Gasteiger partial charge in [0, 0.05) is 17.2 Å². The summed E-state index contributed by atoms with van der Waals surface area (Å²) in [5.41, 5.74) is -2.14. The molecule has 0 saturated carbocycles. The Morgan fingerprint density at radius 3 is 1.92 bits per heavy atom. The molecule has 0 aromatic heterocycles. The van der Waals surface area contributed by atoms with E-state index in [4.69, 9.17) is 0 Å². The average molecular weight is 371 g/mol. The van der Waals surface area contributed by atoms with E-state index < -0.39 is 48.3 Å². The van der Waals surface area contributed by atoms with Crippen LogP contribution in [0.15, 0.2) is 41.3 Å². The topological polar surface area (TPSA) is 134 Å². The van der Waals surface area contributed by atoms with Gasteiger partial charge in [0.2, 0.25) is 5.78 Å². The first kappa shape index (κ1) is 19.1. The summed E-state index contributed by atoms with van der Waals surface area (Å²) in [7, 11) is -4.99. The van der Waals surface area contributed by atoms with Crippen LogP contribution in [0.25, 0.3) is 0 Å². The van der Waals surface area contributed by atoms with Gasteiger partial charge in [-0.3, -0.25) is 19.7 Å². The quantitative estimate of drug-likeness (QED) is 0.226. The molecule has 0 aliphatic heterocycles. The molecule has 10 heteroatoms. The molecule has 1 aliphatic rings. The van der Waals surface area contributed by atoms with Gasteiger partial charge in [-0.2, -0.15) is 0 Å². The molecule has 0 fully saturated rings. The smallest absolute Gasteiger partial charge is 0.744 e. The van der Waals surface area contributed by atoms with E-state index in [0.29, 0.717) is 0 Å². The van der Waals surface area contributed by atoms with Crippen LogP contribution < -0.4 is 51.4 Å². The predicted molar refractivity (Wildman–Crippen MR) is 74.4 cm³/mol. The number of nitrogens with zero attached hydrogens (tertiary/aromatic N) is 1. The van der Waals surface area contributed by atoms with E-state index in [9.17, 15) is 32.7 Å². The van der Waals surface area contributed by atoms with Gasteiger partial charge in [-0.25, -0.2) is 8.42 Å². The number of rotatable bonds is 2. The van der Waals surface area contributed by atoms with Crippen LogP contribution in [0.2, 0.25) is 0 Å². The number of hydrogen-bond acceptors (Lipinski definition) is 7. The zero-order valence-corrected chi connectivity index (χ0v) is 16.1. The largest absolute Gasteiger partial charge is 1.00 e. The molecular formula is C14H6KNO7S. The molecule has 3 rings (SSSR count). The maximum atomic E-state index is 12.5. The average Bonchev–Trinajstić information content (AvgIpc) is 2.50. The van der Waals surface area contributed by atoms with Crippen LogP contribution in [0.5, 0.6) is 0 Å². The summed E-state index contributed by atoms with van der Waals surface area (Å²) < 4.78 is 34.0. The van der Waals surface area contributed by atoms with Gasteiger partial charge in [0.15, 0.2) is 5.78 Å². The summed E-state index contributed by atoms with van der Waals surface area (Å²) in [6.45, 7) is 0. The van der Waals surface area contributed by atoms with Gasteiger partial charge in [0.05, 0.1) is 15.4 Å². The number of hydrogen-bond donors (Lipinski definition) is 0. The molecule has 2 aromatic rings. The van der Waals surface area contributed by atoms with Gasteiger partial charge in [-0.1, -0.05) is 18.2 Å². The van der Waals surface area contributed by atoms with Crippen molar-refractivity contribution in [2.24, 2.45) is 0 Å².